The van der Waals surface area contributed by atoms with Crippen molar-refractivity contribution < 1.29 is 4.79 Å². The highest BCUT2D eigenvalue weighted by Gasteiger charge is 2.26. The summed E-state index contributed by atoms with van der Waals surface area (Å²) in [6, 6.07) is 2.51. The number of nitrogens with zero attached hydrogens (tertiary/aromatic N) is 1. The normalized spacial score (nSPS) is 15.3. The van der Waals surface area contributed by atoms with Crippen molar-refractivity contribution in [3.8, 4) is 0 Å². The van der Waals surface area contributed by atoms with Crippen molar-refractivity contribution >= 4 is 17.2 Å². The third-order valence-electron chi connectivity index (χ3n) is 3.67. The van der Waals surface area contributed by atoms with Crippen LogP contribution >= 0.6 is 11.3 Å². The lowest BCUT2D eigenvalue weighted by Crippen LogP contribution is -2.32. The molecule has 1 amide bonds. The van der Waals surface area contributed by atoms with Gasteiger partial charge in [0.2, 0.25) is 0 Å². The van der Waals surface area contributed by atoms with Crippen LogP contribution in [0.25, 0.3) is 0 Å². The van der Waals surface area contributed by atoms with Crippen molar-refractivity contribution in [3.05, 3.63) is 21.4 Å². The fourth-order valence-electron chi connectivity index (χ4n) is 2.17. The molecule has 0 aliphatic heterocycles. The van der Waals surface area contributed by atoms with E-state index in [1.165, 1.54) is 41.2 Å². The SMILES string of the molecule is Cc1sc(C(=O)NN)cc1CN(CC1CC1)C(C)C. The van der Waals surface area contributed by atoms with Crippen molar-refractivity contribution in [2.75, 3.05) is 6.54 Å². The number of aryl methyl sites for hydroxylation is 1. The van der Waals surface area contributed by atoms with Gasteiger partial charge in [-0.2, -0.15) is 0 Å². The predicted molar refractivity (Wildman–Crippen MR) is 79.0 cm³/mol. The number of nitrogen functional groups attached to an aromatic ring is 1. The summed E-state index contributed by atoms with van der Waals surface area (Å²) in [5.74, 6) is 5.87. The lowest BCUT2D eigenvalue weighted by atomic mass is 10.2. The average Bonchev–Trinajstić information content (AvgIpc) is 3.11. The molecule has 106 valence electrons. The molecule has 5 heteroatoms. The Balaban J connectivity index is 2.07. The molecule has 1 aliphatic rings. The smallest absolute Gasteiger partial charge is 0.275 e. The number of thiophene rings is 1. The predicted octanol–water partition coefficient (Wildman–Crippen LogP) is 2.28. The number of hydrogen-bond acceptors (Lipinski definition) is 4. The first-order chi connectivity index (χ1) is 9.01. The van der Waals surface area contributed by atoms with Gasteiger partial charge in [-0.3, -0.25) is 15.1 Å². The molecule has 0 atom stereocenters. The maximum absolute atomic E-state index is 11.5. The Morgan fingerprint density at radius 1 is 1.58 bits per heavy atom. The van der Waals surface area contributed by atoms with Gasteiger partial charge in [-0.15, -0.1) is 11.3 Å². The van der Waals surface area contributed by atoms with E-state index in [9.17, 15) is 4.79 Å². The molecule has 1 aromatic heterocycles. The molecule has 2 rings (SSSR count). The summed E-state index contributed by atoms with van der Waals surface area (Å²) in [5.41, 5.74) is 3.45. The molecule has 0 radical (unpaired) electrons. The number of amides is 1. The largest absolute Gasteiger partial charge is 0.296 e. The van der Waals surface area contributed by atoms with E-state index in [1.54, 1.807) is 0 Å². The van der Waals surface area contributed by atoms with E-state index in [0.717, 1.165) is 12.5 Å². The molecule has 0 bridgehead atoms. The Morgan fingerprint density at radius 2 is 2.26 bits per heavy atom. The minimum atomic E-state index is -0.197. The van der Waals surface area contributed by atoms with Gasteiger partial charge in [-0.25, -0.2) is 5.84 Å². The highest BCUT2D eigenvalue weighted by Crippen LogP contribution is 2.31. The highest BCUT2D eigenvalue weighted by molar-refractivity contribution is 7.14. The Hall–Kier alpha value is -0.910. The summed E-state index contributed by atoms with van der Waals surface area (Å²) in [6.07, 6.45) is 2.74. The number of nitrogens with two attached hydrogens (primary N) is 1. The molecule has 0 aromatic carbocycles. The Morgan fingerprint density at radius 3 is 2.79 bits per heavy atom. The van der Waals surface area contributed by atoms with E-state index in [0.29, 0.717) is 10.9 Å². The molecular weight excluding hydrogens is 258 g/mol. The van der Waals surface area contributed by atoms with Gasteiger partial charge in [-0.05, 0) is 51.2 Å². The zero-order chi connectivity index (χ0) is 14.0. The lowest BCUT2D eigenvalue weighted by Gasteiger charge is -2.26. The Kier molecular flexibility index (Phi) is 4.60. The van der Waals surface area contributed by atoms with E-state index in [-0.39, 0.29) is 5.91 Å². The Labute approximate surface area is 118 Å². The molecule has 1 aliphatic carbocycles. The summed E-state index contributed by atoms with van der Waals surface area (Å²) in [6.45, 7) is 8.64. The zero-order valence-corrected chi connectivity index (χ0v) is 12.7. The number of hydrazine groups is 1. The number of nitrogens with one attached hydrogen (secondary N) is 1. The van der Waals surface area contributed by atoms with Gasteiger partial charge in [0.15, 0.2) is 0 Å². The summed E-state index contributed by atoms with van der Waals surface area (Å²) in [7, 11) is 0. The van der Waals surface area contributed by atoms with E-state index in [1.807, 2.05) is 6.07 Å². The highest BCUT2D eigenvalue weighted by atomic mass is 32.1. The van der Waals surface area contributed by atoms with Gasteiger partial charge in [0.05, 0.1) is 4.88 Å². The van der Waals surface area contributed by atoms with E-state index in [4.69, 9.17) is 5.84 Å². The van der Waals surface area contributed by atoms with Crippen LogP contribution in [-0.2, 0) is 6.54 Å². The first kappa shape index (κ1) is 14.5. The Bertz CT molecular complexity index is 452. The molecular formula is C14H23N3OS. The third kappa shape index (κ3) is 3.78. The van der Waals surface area contributed by atoms with Crippen LogP contribution in [0.1, 0.15) is 46.8 Å². The van der Waals surface area contributed by atoms with E-state index in [2.05, 4.69) is 31.1 Å². The van der Waals surface area contributed by atoms with Gasteiger partial charge >= 0.3 is 0 Å². The fourth-order valence-corrected chi connectivity index (χ4v) is 3.11. The van der Waals surface area contributed by atoms with Crippen LogP contribution < -0.4 is 11.3 Å². The van der Waals surface area contributed by atoms with Crippen LogP contribution in [0, 0.1) is 12.8 Å². The molecule has 1 saturated carbocycles. The van der Waals surface area contributed by atoms with Gasteiger partial charge in [0.1, 0.15) is 0 Å². The average molecular weight is 281 g/mol. The second-order valence-corrected chi connectivity index (χ2v) is 6.89. The van der Waals surface area contributed by atoms with Crippen molar-refractivity contribution in [1.82, 2.24) is 10.3 Å². The topological polar surface area (TPSA) is 58.4 Å². The van der Waals surface area contributed by atoms with Crippen molar-refractivity contribution in [1.29, 1.82) is 0 Å². The van der Waals surface area contributed by atoms with Gasteiger partial charge in [0.25, 0.3) is 5.91 Å². The summed E-state index contributed by atoms with van der Waals surface area (Å²) < 4.78 is 0. The van der Waals surface area contributed by atoms with Crippen LogP contribution in [0.5, 0.6) is 0 Å². The van der Waals surface area contributed by atoms with Crippen LogP contribution in [0.3, 0.4) is 0 Å². The summed E-state index contributed by atoms with van der Waals surface area (Å²) in [4.78, 5) is 16.0. The maximum atomic E-state index is 11.5. The first-order valence-electron chi connectivity index (χ1n) is 6.85. The minimum absolute atomic E-state index is 0.197. The number of carbonyl (C=O) groups is 1. The molecule has 1 heterocycles. The second-order valence-electron chi connectivity index (χ2n) is 5.63. The third-order valence-corrected chi connectivity index (χ3v) is 4.76. The van der Waals surface area contributed by atoms with Gasteiger partial charge < -0.3 is 0 Å². The molecule has 0 saturated heterocycles. The first-order valence-corrected chi connectivity index (χ1v) is 7.67. The lowest BCUT2D eigenvalue weighted by molar-refractivity contribution is 0.0957. The molecule has 1 aromatic rings. The zero-order valence-electron chi connectivity index (χ0n) is 11.9. The molecule has 1 fully saturated rings. The van der Waals surface area contributed by atoms with Gasteiger partial charge in [0, 0.05) is 24.0 Å². The van der Waals surface area contributed by atoms with Gasteiger partial charge in [-0.1, -0.05) is 0 Å². The van der Waals surface area contributed by atoms with Crippen LogP contribution in [0.4, 0.5) is 0 Å². The molecule has 0 spiro atoms. The number of hydrogen-bond donors (Lipinski definition) is 2. The second kappa shape index (κ2) is 6.03. The van der Waals surface area contributed by atoms with Crippen LogP contribution in [0.2, 0.25) is 0 Å². The van der Waals surface area contributed by atoms with Crippen LogP contribution in [-0.4, -0.2) is 23.4 Å². The van der Waals surface area contributed by atoms with Crippen molar-refractivity contribution in [3.63, 3.8) is 0 Å². The summed E-state index contributed by atoms with van der Waals surface area (Å²) >= 11 is 1.52. The minimum Gasteiger partial charge on any atom is -0.296 e. The number of carbonyl (C=O) groups excluding carboxylic acids is 1. The quantitative estimate of drug-likeness (QED) is 0.478. The van der Waals surface area contributed by atoms with Crippen molar-refractivity contribution in [2.45, 2.75) is 46.2 Å². The van der Waals surface area contributed by atoms with Crippen LogP contribution in [0.15, 0.2) is 6.07 Å². The fraction of sp³-hybridized carbons (Fsp3) is 0.643. The monoisotopic (exact) mass is 281 g/mol. The molecule has 3 N–H and O–H groups in total. The number of rotatable bonds is 6. The molecule has 19 heavy (non-hydrogen) atoms. The van der Waals surface area contributed by atoms with E-state index >= 15 is 0 Å². The molecule has 4 nitrogen and oxygen atoms in total. The molecule has 0 unspecified atom stereocenters. The summed E-state index contributed by atoms with van der Waals surface area (Å²) in [5, 5.41) is 0. The maximum Gasteiger partial charge on any atom is 0.275 e. The van der Waals surface area contributed by atoms with E-state index < -0.39 is 0 Å². The standard InChI is InChI=1S/C14H23N3OS/c1-9(2)17(7-11-4-5-11)8-12-6-13(14(18)16-15)19-10(12)3/h6,9,11H,4-5,7-8,15H2,1-3H3,(H,16,18). The van der Waals surface area contributed by atoms with Crippen molar-refractivity contribution in [2.24, 2.45) is 11.8 Å².